The van der Waals surface area contributed by atoms with Gasteiger partial charge in [-0.15, -0.1) is 0 Å². The number of pyridine rings is 1. The molecule has 110 valence electrons. The van der Waals surface area contributed by atoms with Gasteiger partial charge in [-0.25, -0.2) is 4.98 Å². The first-order valence-electron chi connectivity index (χ1n) is 7.54. The molecule has 0 aliphatic heterocycles. The minimum Gasteiger partial charge on any atom is -0.370 e. The molecule has 0 unspecified atom stereocenters. The Kier molecular flexibility index (Phi) is 4.63. The summed E-state index contributed by atoms with van der Waals surface area (Å²) in [5, 5.41) is 3.18. The van der Waals surface area contributed by atoms with Crippen LogP contribution in [0.25, 0.3) is 0 Å². The largest absolute Gasteiger partial charge is 0.370 e. The molecule has 0 saturated heterocycles. The fourth-order valence-corrected chi connectivity index (χ4v) is 2.34. The highest BCUT2D eigenvalue weighted by Gasteiger charge is 2.28. The van der Waals surface area contributed by atoms with E-state index in [4.69, 9.17) is 0 Å². The van der Waals surface area contributed by atoms with Gasteiger partial charge >= 0.3 is 0 Å². The maximum Gasteiger partial charge on any atom is 0.254 e. The van der Waals surface area contributed by atoms with Crippen molar-refractivity contribution < 1.29 is 4.79 Å². The predicted octanol–water partition coefficient (Wildman–Crippen LogP) is 3.08. The van der Waals surface area contributed by atoms with Crippen LogP contribution in [0.5, 0.6) is 0 Å². The second-order valence-electron chi connectivity index (χ2n) is 5.91. The fourth-order valence-electron chi connectivity index (χ4n) is 2.34. The van der Waals surface area contributed by atoms with Crippen molar-refractivity contribution in [2.24, 2.45) is 5.92 Å². The van der Waals surface area contributed by atoms with Gasteiger partial charge in [-0.3, -0.25) is 4.79 Å². The summed E-state index contributed by atoms with van der Waals surface area (Å²) in [7, 11) is 0. The lowest BCUT2D eigenvalue weighted by Gasteiger charge is -2.27. The van der Waals surface area contributed by atoms with E-state index < -0.39 is 0 Å². The average Bonchev–Trinajstić information content (AvgIpc) is 3.18. The SMILES string of the molecule is CCNc1cc(C(=O)N(CC2CC2)C(C)C)cc(C)n1. The highest BCUT2D eigenvalue weighted by molar-refractivity contribution is 5.95. The molecule has 4 heteroatoms. The summed E-state index contributed by atoms with van der Waals surface area (Å²) >= 11 is 0. The van der Waals surface area contributed by atoms with Crippen LogP contribution >= 0.6 is 0 Å². The van der Waals surface area contributed by atoms with Crippen molar-refractivity contribution in [2.75, 3.05) is 18.4 Å². The van der Waals surface area contributed by atoms with Crippen LogP contribution in [0.3, 0.4) is 0 Å². The number of hydrogen-bond acceptors (Lipinski definition) is 3. The second-order valence-corrected chi connectivity index (χ2v) is 5.91. The number of carbonyl (C=O) groups excluding carboxylic acids is 1. The first-order chi connectivity index (χ1) is 9.51. The van der Waals surface area contributed by atoms with Gasteiger partial charge < -0.3 is 10.2 Å². The molecular formula is C16H25N3O. The van der Waals surface area contributed by atoms with Crippen molar-refractivity contribution in [3.63, 3.8) is 0 Å². The molecule has 0 atom stereocenters. The molecule has 1 aliphatic rings. The van der Waals surface area contributed by atoms with Crippen LogP contribution in [-0.2, 0) is 0 Å². The van der Waals surface area contributed by atoms with Crippen molar-refractivity contribution in [2.45, 2.75) is 46.6 Å². The van der Waals surface area contributed by atoms with E-state index in [0.29, 0.717) is 5.92 Å². The van der Waals surface area contributed by atoms with Crippen LogP contribution in [0.15, 0.2) is 12.1 Å². The Morgan fingerprint density at radius 2 is 2.15 bits per heavy atom. The average molecular weight is 275 g/mol. The summed E-state index contributed by atoms with van der Waals surface area (Å²) in [6, 6.07) is 3.98. The third-order valence-corrected chi connectivity index (χ3v) is 3.59. The summed E-state index contributed by atoms with van der Waals surface area (Å²) in [6.45, 7) is 9.81. The number of aromatic nitrogens is 1. The Morgan fingerprint density at radius 1 is 1.45 bits per heavy atom. The zero-order valence-electron chi connectivity index (χ0n) is 12.9. The Bertz CT molecular complexity index is 481. The van der Waals surface area contributed by atoms with Gasteiger partial charge in [-0.1, -0.05) is 0 Å². The molecule has 1 aliphatic carbocycles. The first-order valence-corrected chi connectivity index (χ1v) is 7.54. The van der Waals surface area contributed by atoms with E-state index in [0.717, 1.165) is 30.2 Å². The minimum absolute atomic E-state index is 0.122. The van der Waals surface area contributed by atoms with Crippen LogP contribution in [0.2, 0.25) is 0 Å². The van der Waals surface area contributed by atoms with Crippen molar-refractivity contribution in [1.82, 2.24) is 9.88 Å². The molecular weight excluding hydrogens is 250 g/mol. The van der Waals surface area contributed by atoms with E-state index >= 15 is 0 Å². The third kappa shape index (κ3) is 3.71. The molecule has 0 aromatic carbocycles. The van der Waals surface area contributed by atoms with Crippen LogP contribution in [-0.4, -0.2) is 34.9 Å². The number of nitrogens with zero attached hydrogens (tertiary/aromatic N) is 2. The van der Waals surface area contributed by atoms with E-state index in [2.05, 4.69) is 24.1 Å². The molecule has 1 fully saturated rings. The van der Waals surface area contributed by atoms with Gasteiger partial charge in [0, 0.05) is 30.4 Å². The molecule has 2 rings (SSSR count). The molecule has 1 aromatic rings. The number of amides is 1. The van der Waals surface area contributed by atoms with Crippen LogP contribution in [0.4, 0.5) is 5.82 Å². The number of carbonyl (C=O) groups is 1. The van der Waals surface area contributed by atoms with Gasteiger partial charge in [0.25, 0.3) is 5.91 Å². The quantitative estimate of drug-likeness (QED) is 0.867. The zero-order valence-corrected chi connectivity index (χ0v) is 12.9. The van der Waals surface area contributed by atoms with Gasteiger partial charge in [-0.05, 0) is 58.6 Å². The monoisotopic (exact) mass is 275 g/mol. The van der Waals surface area contributed by atoms with Gasteiger partial charge in [0.2, 0.25) is 0 Å². The van der Waals surface area contributed by atoms with Crippen molar-refractivity contribution in [3.8, 4) is 0 Å². The molecule has 0 bridgehead atoms. The number of aryl methyl sites for hydroxylation is 1. The molecule has 20 heavy (non-hydrogen) atoms. The third-order valence-electron chi connectivity index (χ3n) is 3.59. The van der Waals surface area contributed by atoms with Crippen molar-refractivity contribution in [1.29, 1.82) is 0 Å². The van der Waals surface area contributed by atoms with E-state index in [1.165, 1.54) is 12.8 Å². The standard InChI is InChI=1S/C16H25N3O/c1-5-17-15-9-14(8-12(4)18-15)16(20)19(11(2)3)10-13-6-7-13/h8-9,11,13H,5-7,10H2,1-4H3,(H,17,18). The normalized spacial score (nSPS) is 14.4. The molecule has 1 N–H and O–H groups in total. The maximum atomic E-state index is 12.7. The zero-order chi connectivity index (χ0) is 14.7. The van der Waals surface area contributed by atoms with E-state index in [1.54, 1.807) is 0 Å². The summed E-state index contributed by atoms with van der Waals surface area (Å²) in [5.74, 6) is 1.61. The van der Waals surface area contributed by atoms with Gasteiger partial charge in [-0.2, -0.15) is 0 Å². The highest BCUT2D eigenvalue weighted by Crippen LogP contribution is 2.31. The smallest absolute Gasteiger partial charge is 0.254 e. The maximum absolute atomic E-state index is 12.7. The van der Waals surface area contributed by atoms with Crippen LogP contribution in [0, 0.1) is 12.8 Å². The lowest BCUT2D eigenvalue weighted by Crippen LogP contribution is -2.38. The highest BCUT2D eigenvalue weighted by atomic mass is 16.2. The Labute approximate surface area is 121 Å². The van der Waals surface area contributed by atoms with Crippen LogP contribution in [0.1, 0.15) is 49.7 Å². The van der Waals surface area contributed by atoms with Crippen LogP contribution < -0.4 is 5.32 Å². The lowest BCUT2D eigenvalue weighted by atomic mass is 10.1. The van der Waals surface area contributed by atoms with Crippen molar-refractivity contribution >= 4 is 11.7 Å². The summed E-state index contributed by atoms with van der Waals surface area (Å²) in [4.78, 5) is 19.1. The number of anilines is 1. The summed E-state index contributed by atoms with van der Waals surface area (Å²) in [6.07, 6.45) is 2.52. The van der Waals surface area contributed by atoms with E-state index in [9.17, 15) is 4.79 Å². The minimum atomic E-state index is 0.122. The lowest BCUT2D eigenvalue weighted by molar-refractivity contribution is 0.0696. The van der Waals surface area contributed by atoms with Gasteiger partial charge in [0.05, 0.1) is 0 Å². The van der Waals surface area contributed by atoms with Crippen molar-refractivity contribution in [3.05, 3.63) is 23.4 Å². The second kappa shape index (κ2) is 6.25. The Hall–Kier alpha value is -1.58. The molecule has 1 aromatic heterocycles. The molecule has 1 heterocycles. The number of nitrogens with one attached hydrogen (secondary N) is 1. The molecule has 0 radical (unpaired) electrons. The first kappa shape index (κ1) is 14.8. The summed E-state index contributed by atoms with van der Waals surface area (Å²) < 4.78 is 0. The van der Waals surface area contributed by atoms with Gasteiger partial charge in [0.1, 0.15) is 5.82 Å². The molecule has 0 spiro atoms. The van der Waals surface area contributed by atoms with E-state index in [1.807, 2.05) is 30.9 Å². The fraction of sp³-hybridized carbons (Fsp3) is 0.625. The molecule has 1 saturated carbocycles. The van der Waals surface area contributed by atoms with E-state index in [-0.39, 0.29) is 11.9 Å². The van der Waals surface area contributed by atoms with Gasteiger partial charge in [0.15, 0.2) is 0 Å². The molecule has 1 amide bonds. The number of rotatable bonds is 6. The Balaban J connectivity index is 2.20. The predicted molar refractivity (Wildman–Crippen MR) is 82.0 cm³/mol. The molecule has 4 nitrogen and oxygen atoms in total. The Morgan fingerprint density at radius 3 is 2.70 bits per heavy atom. The summed E-state index contributed by atoms with van der Waals surface area (Å²) in [5.41, 5.74) is 1.62. The number of hydrogen-bond donors (Lipinski definition) is 1. The topological polar surface area (TPSA) is 45.2 Å².